The number of carbonyl (C=O) groups is 2. The number of nitro benzene ring substituents is 1. The van der Waals surface area contributed by atoms with E-state index in [4.69, 9.17) is 14.2 Å². The van der Waals surface area contributed by atoms with E-state index in [2.05, 4.69) is 36.8 Å². The Bertz CT molecular complexity index is 1570. The topological polar surface area (TPSA) is 121 Å². The molecule has 0 bridgehead atoms. The minimum Gasteiger partial charge on any atom is -0.487 e. The van der Waals surface area contributed by atoms with Crippen molar-refractivity contribution >= 4 is 60.4 Å². The van der Waals surface area contributed by atoms with E-state index < -0.39 is 34.5 Å². The van der Waals surface area contributed by atoms with Crippen LogP contribution in [-0.4, -0.2) is 27.6 Å². The van der Waals surface area contributed by atoms with Crippen LogP contribution in [0.4, 0.5) is 5.69 Å². The van der Waals surface area contributed by atoms with Gasteiger partial charge in [0.25, 0.3) is 11.5 Å². The fraction of sp³-hybridized carbons (Fsp3) is 0.214. The van der Waals surface area contributed by atoms with E-state index in [1.54, 1.807) is 30.5 Å². The van der Waals surface area contributed by atoms with Crippen molar-refractivity contribution < 1.29 is 28.7 Å². The maximum Gasteiger partial charge on any atom is 0.324 e. The van der Waals surface area contributed by atoms with Gasteiger partial charge >= 0.3 is 11.9 Å². The summed E-state index contributed by atoms with van der Waals surface area (Å²) in [5.41, 5.74) is 2.82. The number of aromatic amines is 1. The Kier molecular flexibility index (Phi) is 7.21. The van der Waals surface area contributed by atoms with Crippen molar-refractivity contribution in [2.24, 2.45) is 5.92 Å². The number of cyclic esters (lactones) is 2. The molecular weight excluding hydrogens is 636 g/mol. The lowest BCUT2D eigenvalue weighted by atomic mass is 9.80. The highest BCUT2D eigenvalue weighted by Crippen LogP contribution is 2.45. The van der Waals surface area contributed by atoms with E-state index in [0.29, 0.717) is 25.8 Å². The molecule has 1 aliphatic rings. The Morgan fingerprint density at radius 1 is 1.03 bits per heavy atom. The van der Waals surface area contributed by atoms with Crippen molar-refractivity contribution in [1.29, 1.82) is 0 Å². The summed E-state index contributed by atoms with van der Waals surface area (Å²) in [6.45, 7) is 3.11. The number of rotatable bonds is 7. The van der Waals surface area contributed by atoms with Crippen LogP contribution in [0.15, 0.2) is 75.8 Å². The highest BCUT2D eigenvalue weighted by atomic mass is 79.9. The van der Waals surface area contributed by atoms with Crippen molar-refractivity contribution in [3.63, 3.8) is 0 Å². The van der Waals surface area contributed by atoms with Crippen molar-refractivity contribution in [2.75, 3.05) is 0 Å². The molecule has 1 fully saturated rings. The van der Waals surface area contributed by atoms with Crippen LogP contribution in [-0.2, 0) is 25.7 Å². The van der Waals surface area contributed by atoms with Crippen LogP contribution >= 0.6 is 31.9 Å². The maximum atomic E-state index is 13.2. The van der Waals surface area contributed by atoms with Gasteiger partial charge in [-0.1, -0.05) is 30.3 Å². The van der Waals surface area contributed by atoms with Crippen molar-refractivity contribution in [1.82, 2.24) is 4.98 Å². The van der Waals surface area contributed by atoms with Gasteiger partial charge in [0.15, 0.2) is 5.92 Å². The van der Waals surface area contributed by atoms with Crippen LogP contribution in [0.25, 0.3) is 10.9 Å². The lowest BCUT2D eigenvalue weighted by Crippen LogP contribution is -2.48. The number of nitro groups is 1. The van der Waals surface area contributed by atoms with Crippen molar-refractivity contribution in [3.05, 3.63) is 103 Å². The number of carbonyl (C=O) groups excluding carboxylic acids is 2. The molecular formula is C28H22Br2N2O7. The van der Waals surface area contributed by atoms with Gasteiger partial charge in [-0.05, 0) is 66.7 Å². The predicted octanol–water partition coefficient (Wildman–Crippen LogP) is 6.76. The molecule has 0 spiro atoms. The molecule has 3 aromatic carbocycles. The number of non-ortho nitro benzene ring substituents is 1. The molecule has 1 aliphatic heterocycles. The minimum absolute atomic E-state index is 0.0272. The Labute approximate surface area is 239 Å². The highest BCUT2D eigenvalue weighted by molar-refractivity contribution is 9.11. The number of nitrogens with one attached hydrogen (secondary N) is 1. The standard InChI is InChI=1S/C28H22Br2N2O7/c1-28(2)38-26(33)24(27(34)39-28)23(19-13-31-22-9-4-3-8-18(19)22)16-11-20(29)25(21(30)12-16)37-14-15-6-5-7-17(10-15)32(35)36/h3-13,23-24,31H,14H2,1-2H3/t23-/m0/s1. The number of hydrogen-bond acceptors (Lipinski definition) is 7. The van der Waals surface area contributed by atoms with Gasteiger partial charge in [0.2, 0.25) is 0 Å². The molecule has 2 heterocycles. The van der Waals surface area contributed by atoms with E-state index >= 15 is 0 Å². The Morgan fingerprint density at radius 3 is 2.36 bits per heavy atom. The van der Waals surface area contributed by atoms with Crippen LogP contribution < -0.4 is 4.74 Å². The first kappa shape index (κ1) is 26.9. The number of ether oxygens (including phenoxy) is 3. The lowest BCUT2D eigenvalue weighted by Gasteiger charge is -2.36. The molecule has 9 nitrogen and oxygen atoms in total. The summed E-state index contributed by atoms with van der Waals surface area (Å²) >= 11 is 7.12. The monoisotopic (exact) mass is 656 g/mol. The number of fused-ring (bicyclic) bond motifs is 1. The fourth-order valence-corrected chi connectivity index (χ4v) is 6.17. The maximum absolute atomic E-state index is 13.2. The van der Waals surface area contributed by atoms with Crippen LogP contribution in [0.3, 0.4) is 0 Å². The number of halogens is 2. The second-order valence-corrected chi connectivity index (χ2v) is 11.2. The summed E-state index contributed by atoms with van der Waals surface area (Å²) in [6.07, 6.45) is 1.78. The fourth-order valence-electron chi connectivity index (χ4n) is 4.72. The summed E-state index contributed by atoms with van der Waals surface area (Å²) in [6, 6.07) is 17.4. The summed E-state index contributed by atoms with van der Waals surface area (Å²) < 4.78 is 18.1. The molecule has 0 aliphatic carbocycles. The number of hydrogen-bond donors (Lipinski definition) is 1. The number of nitrogens with zero attached hydrogens (tertiary/aromatic N) is 1. The molecule has 200 valence electrons. The van der Waals surface area contributed by atoms with Crippen molar-refractivity contribution in [2.45, 2.75) is 32.2 Å². The zero-order chi connectivity index (χ0) is 27.9. The summed E-state index contributed by atoms with van der Waals surface area (Å²) in [7, 11) is 0. The molecule has 5 rings (SSSR count). The molecule has 4 aromatic rings. The first-order valence-corrected chi connectivity index (χ1v) is 13.5. The van der Waals surface area contributed by atoms with Gasteiger partial charge < -0.3 is 19.2 Å². The second-order valence-electron chi connectivity index (χ2n) is 9.52. The van der Waals surface area contributed by atoms with Gasteiger partial charge in [0.05, 0.1) is 13.9 Å². The third-order valence-electron chi connectivity index (χ3n) is 6.37. The zero-order valence-electron chi connectivity index (χ0n) is 20.8. The number of benzene rings is 3. The largest absolute Gasteiger partial charge is 0.487 e. The van der Waals surface area contributed by atoms with Crippen molar-refractivity contribution in [3.8, 4) is 5.75 Å². The lowest BCUT2D eigenvalue weighted by molar-refractivity contribution is -0.384. The number of para-hydroxylation sites is 1. The normalized spacial score (nSPS) is 16.0. The molecule has 0 amide bonds. The molecule has 0 saturated carbocycles. The van der Waals surface area contributed by atoms with Gasteiger partial charge in [-0.3, -0.25) is 19.7 Å². The molecule has 1 N–H and O–H groups in total. The molecule has 1 saturated heterocycles. The average Bonchev–Trinajstić information content (AvgIpc) is 3.29. The molecule has 0 radical (unpaired) electrons. The third kappa shape index (κ3) is 5.41. The predicted molar refractivity (Wildman–Crippen MR) is 149 cm³/mol. The van der Waals surface area contributed by atoms with E-state index in [1.165, 1.54) is 26.0 Å². The van der Waals surface area contributed by atoms with Gasteiger partial charge in [0.1, 0.15) is 12.4 Å². The molecule has 11 heteroatoms. The van der Waals surface area contributed by atoms with E-state index in [0.717, 1.165) is 16.5 Å². The first-order chi connectivity index (χ1) is 18.5. The minimum atomic E-state index is -1.36. The van der Waals surface area contributed by atoms with Gasteiger partial charge in [-0.25, -0.2) is 0 Å². The summed E-state index contributed by atoms with van der Waals surface area (Å²) in [5.74, 6) is -4.24. The smallest absolute Gasteiger partial charge is 0.324 e. The summed E-state index contributed by atoms with van der Waals surface area (Å²) in [5, 5.41) is 12.0. The summed E-state index contributed by atoms with van der Waals surface area (Å²) in [4.78, 5) is 40.3. The van der Waals surface area contributed by atoms with Gasteiger partial charge in [-0.2, -0.15) is 0 Å². The number of H-pyrrole nitrogens is 1. The molecule has 0 unspecified atom stereocenters. The van der Waals surface area contributed by atoms with E-state index in [9.17, 15) is 19.7 Å². The van der Waals surface area contributed by atoms with Crippen LogP contribution in [0.1, 0.15) is 36.5 Å². The highest BCUT2D eigenvalue weighted by Gasteiger charge is 2.48. The molecule has 39 heavy (non-hydrogen) atoms. The Morgan fingerprint density at radius 2 is 1.69 bits per heavy atom. The van der Waals surface area contributed by atoms with E-state index in [1.807, 2.05) is 24.3 Å². The van der Waals surface area contributed by atoms with Crippen LogP contribution in [0.5, 0.6) is 5.75 Å². The van der Waals surface area contributed by atoms with Gasteiger partial charge in [0, 0.05) is 49.0 Å². The molecule has 1 aromatic heterocycles. The molecule has 1 atom stereocenters. The van der Waals surface area contributed by atoms with Crippen LogP contribution in [0.2, 0.25) is 0 Å². The first-order valence-electron chi connectivity index (χ1n) is 11.9. The SMILES string of the molecule is CC1(C)OC(=O)C([C@@H](c2cc(Br)c(OCc3cccc([N+](=O)[O-])c3)c(Br)c2)c2c[nH]c3ccccc23)C(=O)O1. The van der Waals surface area contributed by atoms with E-state index in [-0.39, 0.29) is 12.3 Å². The Hall–Kier alpha value is -3.70. The number of esters is 2. The third-order valence-corrected chi connectivity index (χ3v) is 7.55. The number of aromatic nitrogens is 1. The van der Waals surface area contributed by atoms with Crippen LogP contribution in [0, 0.1) is 16.0 Å². The quantitative estimate of drug-likeness (QED) is 0.101. The second kappa shape index (κ2) is 10.5. The van der Waals surface area contributed by atoms with Gasteiger partial charge in [-0.15, -0.1) is 0 Å². The Balaban J connectivity index is 1.54. The average molecular weight is 658 g/mol. The zero-order valence-corrected chi connectivity index (χ0v) is 23.9.